The number of rotatable bonds is 3. The molecule has 2 saturated carbocycles. The summed E-state index contributed by atoms with van der Waals surface area (Å²) in [6.45, 7) is 0. The molecule has 2 fully saturated rings. The molecule has 2 aliphatic rings. The summed E-state index contributed by atoms with van der Waals surface area (Å²) in [6.07, 6.45) is 4.07. The van der Waals surface area contributed by atoms with Crippen LogP contribution in [0.4, 0.5) is 0 Å². The number of carbonyl (C=O) groups excluding carboxylic acids is 1. The van der Waals surface area contributed by atoms with Gasteiger partial charge in [-0.05, 0) is 43.2 Å². The van der Waals surface area contributed by atoms with Crippen LogP contribution in [0.1, 0.15) is 42.2 Å². The Balaban J connectivity index is 1.90. The lowest BCUT2D eigenvalue weighted by molar-refractivity contribution is 0.0940. The Bertz CT molecular complexity index is 755. The SMILES string of the molecule is O=C(NC1CC1)c1cc2ccccc2c(=O)n1C1CC1. The van der Waals surface area contributed by atoms with E-state index in [0.29, 0.717) is 17.1 Å². The number of hydrogen-bond acceptors (Lipinski definition) is 2. The molecule has 0 radical (unpaired) electrons. The number of nitrogens with zero attached hydrogens (tertiary/aromatic N) is 1. The lowest BCUT2D eigenvalue weighted by atomic mass is 10.1. The summed E-state index contributed by atoms with van der Waals surface area (Å²) in [5.41, 5.74) is 0.481. The van der Waals surface area contributed by atoms with Crippen molar-refractivity contribution in [3.05, 3.63) is 46.4 Å². The Hall–Kier alpha value is -2.10. The Morgan fingerprint density at radius 3 is 2.60 bits per heavy atom. The largest absolute Gasteiger partial charge is 0.348 e. The zero-order chi connectivity index (χ0) is 13.7. The van der Waals surface area contributed by atoms with E-state index in [-0.39, 0.29) is 17.5 Å². The number of aromatic nitrogens is 1. The van der Waals surface area contributed by atoms with Gasteiger partial charge >= 0.3 is 0 Å². The summed E-state index contributed by atoms with van der Waals surface area (Å²) in [7, 11) is 0. The molecule has 0 spiro atoms. The molecule has 1 aromatic carbocycles. The fraction of sp³-hybridized carbons (Fsp3) is 0.375. The molecule has 4 rings (SSSR count). The van der Waals surface area contributed by atoms with Crippen LogP contribution < -0.4 is 10.9 Å². The van der Waals surface area contributed by atoms with E-state index >= 15 is 0 Å². The van der Waals surface area contributed by atoms with Crippen molar-refractivity contribution in [1.29, 1.82) is 0 Å². The van der Waals surface area contributed by atoms with Crippen molar-refractivity contribution < 1.29 is 4.79 Å². The van der Waals surface area contributed by atoms with Crippen LogP contribution in [0, 0.1) is 0 Å². The van der Waals surface area contributed by atoms with Crippen LogP contribution >= 0.6 is 0 Å². The molecule has 102 valence electrons. The van der Waals surface area contributed by atoms with Crippen molar-refractivity contribution >= 4 is 16.7 Å². The van der Waals surface area contributed by atoms with Gasteiger partial charge in [-0.15, -0.1) is 0 Å². The van der Waals surface area contributed by atoms with Crippen molar-refractivity contribution in [2.24, 2.45) is 0 Å². The molecule has 0 aliphatic heterocycles. The maximum atomic E-state index is 12.6. The summed E-state index contributed by atoms with van der Waals surface area (Å²) in [5.74, 6) is -0.109. The lowest BCUT2D eigenvalue weighted by Gasteiger charge is -2.13. The van der Waals surface area contributed by atoms with Crippen molar-refractivity contribution in [3.8, 4) is 0 Å². The van der Waals surface area contributed by atoms with E-state index < -0.39 is 0 Å². The highest BCUT2D eigenvalue weighted by Crippen LogP contribution is 2.35. The number of amides is 1. The molecule has 0 atom stereocenters. The zero-order valence-corrected chi connectivity index (χ0v) is 11.1. The van der Waals surface area contributed by atoms with E-state index in [1.54, 1.807) is 4.57 Å². The monoisotopic (exact) mass is 268 g/mol. The predicted octanol–water partition coefficient (Wildman–Crippen LogP) is 2.23. The zero-order valence-electron chi connectivity index (χ0n) is 11.1. The first-order valence-electron chi connectivity index (χ1n) is 7.19. The normalized spacial score (nSPS) is 18.2. The third kappa shape index (κ3) is 1.92. The second kappa shape index (κ2) is 4.20. The van der Waals surface area contributed by atoms with Crippen LogP contribution in [0.2, 0.25) is 0 Å². The molecule has 1 N–H and O–H groups in total. The predicted molar refractivity (Wildman–Crippen MR) is 77.0 cm³/mol. The van der Waals surface area contributed by atoms with Crippen LogP contribution in [-0.2, 0) is 0 Å². The van der Waals surface area contributed by atoms with Crippen molar-refractivity contribution in [1.82, 2.24) is 9.88 Å². The fourth-order valence-corrected chi connectivity index (χ4v) is 2.63. The smallest absolute Gasteiger partial charge is 0.268 e. The third-order valence-corrected chi connectivity index (χ3v) is 4.02. The van der Waals surface area contributed by atoms with Crippen LogP contribution in [0.3, 0.4) is 0 Å². The Morgan fingerprint density at radius 2 is 1.90 bits per heavy atom. The highest BCUT2D eigenvalue weighted by molar-refractivity contribution is 5.97. The number of hydrogen-bond donors (Lipinski definition) is 1. The summed E-state index contributed by atoms with van der Waals surface area (Å²) in [5, 5.41) is 4.53. The molecule has 2 aliphatic carbocycles. The molecular formula is C16H16N2O2. The second-order valence-electron chi connectivity index (χ2n) is 5.77. The fourth-order valence-electron chi connectivity index (χ4n) is 2.63. The van der Waals surface area contributed by atoms with Gasteiger partial charge in [0.25, 0.3) is 11.5 Å². The van der Waals surface area contributed by atoms with Gasteiger partial charge < -0.3 is 9.88 Å². The Morgan fingerprint density at radius 1 is 1.15 bits per heavy atom. The third-order valence-electron chi connectivity index (χ3n) is 4.02. The topological polar surface area (TPSA) is 51.1 Å². The van der Waals surface area contributed by atoms with Gasteiger partial charge in [-0.25, -0.2) is 0 Å². The highest BCUT2D eigenvalue weighted by Gasteiger charge is 2.31. The maximum absolute atomic E-state index is 12.6. The average molecular weight is 268 g/mol. The Kier molecular flexibility index (Phi) is 2.46. The Labute approximate surface area is 116 Å². The maximum Gasteiger partial charge on any atom is 0.268 e. The number of benzene rings is 1. The summed E-state index contributed by atoms with van der Waals surface area (Å²) in [6, 6.07) is 9.84. The van der Waals surface area contributed by atoms with Gasteiger partial charge in [0.05, 0.1) is 0 Å². The first-order valence-corrected chi connectivity index (χ1v) is 7.19. The van der Waals surface area contributed by atoms with E-state index in [1.165, 1.54) is 0 Å². The number of pyridine rings is 1. The molecule has 0 bridgehead atoms. The second-order valence-corrected chi connectivity index (χ2v) is 5.77. The molecule has 1 amide bonds. The molecule has 1 heterocycles. The minimum absolute atomic E-state index is 0.0356. The first-order chi connectivity index (χ1) is 9.74. The van der Waals surface area contributed by atoms with Crippen molar-refractivity contribution in [2.45, 2.75) is 37.8 Å². The number of carbonyl (C=O) groups is 1. The lowest BCUT2D eigenvalue weighted by Crippen LogP contribution is -2.33. The molecule has 0 saturated heterocycles. The van der Waals surface area contributed by atoms with Crippen molar-refractivity contribution in [3.63, 3.8) is 0 Å². The van der Waals surface area contributed by atoms with E-state index in [2.05, 4.69) is 5.32 Å². The van der Waals surface area contributed by atoms with Crippen LogP contribution in [-0.4, -0.2) is 16.5 Å². The quantitative estimate of drug-likeness (QED) is 0.928. The van der Waals surface area contributed by atoms with E-state index in [9.17, 15) is 9.59 Å². The minimum atomic E-state index is -0.109. The molecule has 4 heteroatoms. The first kappa shape index (κ1) is 11.7. The number of fused-ring (bicyclic) bond motifs is 1. The van der Waals surface area contributed by atoms with Gasteiger partial charge in [-0.3, -0.25) is 9.59 Å². The van der Waals surface area contributed by atoms with Gasteiger partial charge in [0, 0.05) is 17.5 Å². The van der Waals surface area contributed by atoms with Gasteiger partial charge in [0.1, 0.15) is 5.69 Å². The van der Waals surface area contributed by atoms with E-state index in [0.717, 1.165) is 31.1 Å². The number of nitrogens with one attached hydrogen (secondary N) is 1. The van der Waals surface area contributed by atoms with Crippen LogP contribution in [0.25, 0.3) is 10.8 Å². The summed E-state index contributed by atoms with van der Waals surface area (Å²) >= 11 is 0. The van der Waals surface area contributed by atoms with Gasteiger partial charge in [0.2, 0.25) is 0 Å². The molecule has 0 unspecified atom stereocenters. The summed E-state index contributed by atoms with van der Waals surface area (Å²) < 4.78 is 1.69. The van der Waals surface area contributed by atoms with Crippen LogP contribution in [0.15, 0.2) is 35.1 Å². The summed E-state index contributed by atoms with van der Waals surface area (Å²) in [4.78, 5) is 25.0. The van der Waals surface area contributed by atoms with Crippen molar-refractivity contribution in [2.75, 3.05) is 0 Å². The standard InChI is InChI=1S/C16H16N2O2/c19-15(17-11-5-6-11)14-9-10-3-1-2-4-13(10)16(20)18(14)12-7-8-12/h1-4,9,11-12H,5-8H2,(H,17,19). The molecule has 4 nitrogen and oxygen atoms in total. The van der Waals surface area contributed by atoms with Gasteiger partial charge in [0.15, 0.2) is 0 Å². The van der Waals surface area contributed by atoms with Gasteiger partial charge in [-0.2, -0.15) is 0 Å². The molecule has 20 heavy (non-hydrogen) atoms. The van der Waals surface area contributed by atoms with Gasteiger partial charge in [-0.1, -0.05) is 18.2 Å². The van der Waals surface area contributed by atoms with E-state index in [4.69, 9.17) is 0 Å². The molecule has 2 aromatic rings. The van der Waals surface area contributed by atoms with Crippen LogP contribution in [0.5, 0.6) is 0 Å². The van der Waals surface area contributed by atoms with E-state index in [1.807, 2.05) is 30.3 Å². The average Bonchev–Trinajstić information content (AvgIpc) is 3.32. The highest BCUT2D eigenvalue weighted by atomic mass is 16.2. The minimum Gasteiger partial charge on any atom is -0.348 e. The molecular weight excluding hydrogens is 252 g/mol. The molecule has 1 aromatic heterocycles.